The van der Waals surface area contributed by atoms with Crippen molar-refractivity contribution in [3.8, 4) is 0 Å². The summed E-state index contributed by atoms with van der Waals surface area (Å²) >= 11 is 1.39. The quantitative estimate of drug-likeness (QED) is 0.442. The zero-order valence-electron chi connectivity index (χ0n) is 19.1. The van der Waals surface area contributed by atoms with Gasteiger partial charge in [-0.25, -0.2) is 13.4 Å². The third kappa shape index (κ3) is 4.95. The van der Waals surface area contributed by atoms with E-state index in [2.05, 4.69) is 0 Å². The van der Waals surface area contributed by atoms with Crippen molar-refractivity contribution in [3.63, 3.8) is 0 Å². The van der Waals surface area contributed by atoms with Crippen LogP contribution in [0.1, 0.15) is 33.1 Å². The van der Waals surface area contributed by atoms with Crippen LogP contribution in [0.15, 0.2) is 58.6 Å². The van der Waals surface area contributed by atoms with Crippen molar-refractivity contribution in [3.05, 3.63) is 48.5 Å². The fourth-order valence-electron chi connectivity index (χ4n) is 4.23. The van der Waals surface area contributed by atoms with E-state index in [4.69, 9.17) is 4.98 Å². The molecule has 0 saturated carbocycles. The Balaban J connectivity index is 1.56. The molecule has 2 heterocycles. The number of rotatable bonds is 8. The second-order valence-electron chi connectivity index (χ2n) is 8.02. The Morgan fingerprint density at radius 2 is 1.79 bits per heavy atom. The molecule has 0 bridgehead atoms. The number of sulfonamides is 1. The highest BCUT2D eigenvalue weighted by molar-refractivity contribution is 7.99. The third-order valence-electron chi connectivity index (χ3n) is 5.96. The van der Waals surface area contributed by atoms with Crippen LogP contribution in [0, 0.1) is 0 Å². The average Bonchev–Trinajstić information content (AvgIpc) is 3.21. The Bertz CT molecular complexity index is 1220. The molecule has 1 aliphatic rings. The van der Waals surface area contributed by atoms with Crippen LogP contribution in [-0.4, -0.2) is 53.6 Å². The van der Waals surface area contributed by atoms with Gasteiger partial charge in [-0.05, 0) is 57.0 Å². The van der Waals surface area contributed by atoms with E-state index in [-0.39, 0.29) is 16.6 Å². The first kappa shape index (κ1) is 23.8. The molecule has 1 fully saturated rings. The van der Waals surface area contributed by atoms with Gasteiger partial charge in [0.15, 0.2) is 5.16 Å². The number of imidazole rings is 1. The Kier molecular flexibility index (Phi) is 7.41. The van der Waals surface area contributed by atoms with Crippen molar-refractivity contribution in [1.82, 2.24) is 13.9 Å². The lowest BCUT2D eigenvalue weighted by Gasteiger charge is -2.25. The lowest BCUT2D eigenvalue weighted by molar-refractivity contribution is -0.116. The fraction of sp³-hybridized carbons (Fsp3) is 0.417. The number of nitrogens with zero attached hydrogens (tertiary/aromatic N) is 4. The average molecular weight is 487 g/mol. The SMILES string of the molecule is CCN(C(=O)CSc1nc2cc(S(=O)(=O)N3CCCCC3)ccc2n1CC)c1ccccc1. The number of thioether (sulfide) groups is 1. The standard InChI is InChI=1S/C24H30N4O3S2/c1-3-27(19-11-7-5-8-12-19)23(29)18-32-24-25-21-17-20(13-14-22(21)28(24)4-2)33(30,31)26-15-9-6-10-16-26/h5,7-8,11-14,17H,3-4,6,9-10,15-16,18H2,1-2H3. The first-order chi connectivity index (χ1) is 16.0. The van der Waals surface area contributed by atoms with Gasteiger partial charge in [-0.2, -0.15) is 4.31 Å². The number of fused-ring (bicyclic) bond motifs is 1. The minimum absolute atomic E-state index is 0.0109. The molecule has 1 amide bonds. The molecule has 0 radical (unpaired) electrons. The van der Waals surface area contributed by atoms with Crippen molar-refractivity contribution in [2.24, 2.45) is 0 Å². The van der Waals surface area contributed by atoms with E-state index in [9.17, 15) is 13.2 Å². The van der Waals surface area contributed by atoms with Gasteiger partial charge in [0, 0.05) is 31.9 Å². The van der Waals surface area contributed by atoms with Crippen LogP contribution in [0.3, 0.4) is 0 Å². The lowest BCUT2D eigenvalue weighted by atomic mass is 10.2. The van der Waals surface area contributed by atoms with Crippen LogP contribution in [0.25, 0.3) is 11.0 Å². The normalized spacial score (nSPS) is 15.1. The van der Waals surface area contributed by atoms with Crippen molar-refractivity contribution in [2.75, 3.05) is 30.3 Å². The van der Waals surface area contributed by atoms with E-state index < -0.39 is 10.0 Å². The second-order valence-corrected chi connectivity index (χ2v) is 10.9. The van der Waals surface area contributed by atoms with Crippen LogP contribution in [-0.2, 0) is 21.4 Å². The topological polar surface area (TPSA) is 75.5 Å². The van der Waals surface area contributed by atoms with Gasteiger partial charge >= 0.3 is 0 Å². The summed E-state index contributed by atoms with van der Waals surface area (Å²) in [5.74, 6) is 0.266. The summed E-state index contributed by atoms with van der Waals surface area (Å²) in [6, 6.07) is 14.8. The zero-order valence-corrected chi connectivity index (χ0v) is 20.7. The molecular formula is C24H30N4O3S2. The Labute approximate surface area is 199 Å². The summed E-state index contributed by atoms with van der Waals surface area (Å²) in [7, 11) is -3.52. The number of carbonyl (C=O) groups is 1. The largest absolute Gasteiger partial charge is 0.319 e. The highest BCUT2D eigenvalue weighted by Gasteiger charge is 2.27. The monoisotopic (exact) mass is 486 g/mol. The Morgan fingerprint density at radius 3 is 2.45 bits per heavy atom. The predicted octanol–water partition coefficient (Wildman–Crippen LogP) is 4.38. The summed E-state index contributed by atoms with van der Waals surface area (Å²) in [6.07, 6.45) is 2.88. The van der Waals surface area contributed by atoms with Gasteiger partial charge in [0.05, 0.1) is 21.7 Å². The minimum atomic E-state index is -3.52. The smallest absolute Gasteiger partial charge is 0.243 e. The van der Waals surface area contributed by atoms with E-state index in [0.717, 1.165) is 35.6 Å². The number of aromatic nitrogens is 2. The number of aryl methyl sites for hydroxylation is 1. The van der Waals surface area contributed by atoms with Crippen LogP contribution in [0.2, 0.25) is 0 Å². The van der Waals surface area contributed by atoms with E-state index in [1.54, 1.807) is 21.3 Å². The van der Waals surface area contributed by atoms with Gasteiger partial charge in [0.2, 0.25) is 15.9 Å². The molecule has 1 saturated heterocycles. The summed E-state index contributed by atoms with van der Waals surface area (Å²) in [6.45, 7) is 6.40. The van der Waals surface area contributed by atoms with Gasteiger partial charge in [0.1, 0.15) is 0 Å². The Hall–Kier alpha value is -2.36. The molecule has 3 aromatic rings. The summed E-state index contributed by atoms with van der Waals surface area (Å²) in [5, 5.41) is 0.720. The molecule has 4 rings (SSSR count). The molecule has 1 aliphatic heterocycles. The third-order valence-corrected chi connectivity index (χ3v) is 8.82. The number of benzene rings is 2. The first-order valence-electron chi connectivity index (χ1n) is 11.4. The molecule has 0 unspecified atom stereocenters. The van der Waals surface area contributed by atoms with Crippen LogP contribution in [0.5, 0.6) is 0 Å². The lowest BCUT2D eigenvalue weighted by Crippen LogP contribution is -2.35. The predicted molar refractivity (Wildman–Crippen MR) is 133 cm³/mol. The summed E-state index contributed by atoms with van der Waals surface area (Å²) in [5.41, 5.74) is 2.39. The van der Waals surface area contributed by atoms with E-state index >= 15 is 0 Å². The minimum Gasteiger partial charge on any atom is -0.319 e. The molecule has 7 nitrogen and oxygen atoms in total. The summed E-state index contributed by atoms with van der Waals surface area (Å²) < 4.78 is 29.8. The number of carbonyl (C=O) groups excluding carboxylic acids is 1. The molecule has 0 atom stereocenters. The maximum Gasteiger partial charge on any atom is 0.243 e. The number of hydrogen-bond donors (Lipinski definition) is 0. The van der Waals surface area contributed by atoms with Crippen molar-refractivity contribution in [2.45, 2.75) is 49.7 Å². The van der Waals surface area contributed by atoms with Gasteiger partial charge in [-0.1, -0.05) is 36.4 Å². The number of amides is 1. The fourth-order valence-corrected chi connectivity index (χ4v) is 6.73. The van der Waals surface area contributed by atoms with Crippen molar-refractivity contribution >= 4 is 44.4 Å². The van der Waals surface area contributed by atoms with Crippen molar-refractivity contribution < 1.29 is 13.2 Å². The second kappa shape index (κ2) is 10.3. The molecule has 33 heavy (non-hydrogen) atoms. The van der Waals surface area contributed by atoms with Crippen molar-refractivity contribution in [1.29, 1.82) is 0 Å². The van der Waals surface area contributed by atoms with E-state index in [1.807, 2.05) is 54.8 Å². The molecule has 176 valence electrons. The van der Waals surface area contributed by atoms with Crippen LogP contribution in [0.4, 0.5) is 5.69 Å². The number of para-hydroxylation sites is 1. The molecule has 1 aromatic heterocycles. The molecular weight excluding hydrogens is 456 g/mol. The van der Waals surface area contributed by atoms with Gasteiger partial charge in [0.25, 0.3) is 0 Å². The number of piperidine rings is 1. The highest BCUT2D eigenvalue weighted by atomic mass is 32.2. The van der Waals surface area contributed by atoms with E-state index in [1.165, 1.54) is 11.8 Å². The number of hydrogen-bond acceptors (Lipinski definition) is 5. The molecule has 2 aromatic carbocycles. The van der Waals surface area contributed by atoms with Crippen LogP contribution >= 0.6 is 11.8 Å². The molecule has 9 heteroatoms. The van der Waals surface area contributed by atoms with Gasteiger partial charge < -0.3 is 9.47 Å². The highest BCUT2D eigenvalue weighted by Crippen LogP contribution is 2.28. The van der Waals surface area contributed by atoms with Crippen LogP contribution < -0.4 is 4.90 Å². The van der Waals surface area contributed by atoms with E-state index in [0.29, 0.717) is 31.7 Å². The van der Waals surface area contributed by atoms with Gasteiger partial charge in [-0.3, -0.25) is 4.79 Å². The zero-order chi connectivity index (χ0) is 23.4. The Morgan fingerprint density at radius 1 is 1.06 bits per heavy atom. The summed E-state index contributed by atoms with van der Waals surface area (Å²) in [4.78, 5) is 19.7. The molecule has 0 spiro atoms. The molecule has 0 N–H and O–H groups in total. The first-order valence-corrected chi connectivity index (χ1v) is 13.9. The maximum absolute atomic E-state index is 13.1. The maximum atomic E-state index is 13.1. The molecule has 0 aliphatic carbocycles. The van der Waals surface area contributed by atoms with Gasteiger partial charge in [-0.15, -0.1) is 0 Å². The number of anilines is 1.